The van der Waals surface area contributed by atoms with E-state index in [1.807, 2.05) is 24.3 Å². The molecule has 2 fully saturated rings. The van der Waals surface area contributed by atoms with Crippen LogP contribution in [0.3, 0.4) is 0 Å². The number of amides is 4. The second-order valence-corrected chi connectivity index (χ2v) is 8.27. The van der Waals surface area contributed by atoms with Gasteiger partial charge in [0.2, 0.25) is 5.91 Å². The smallest absolute Gasteiger partial charge is 0.325 e. The van der Waals surface area contributed by atoms with E-state index >= 15 is 0 Å². The van der Waals surface area contributed by atoms with Crippen LogP contribution in [0.1, 0.15) is 32.6 Å². The van der Waals surface area contributed by atoms with Gasteiger partial charge in [-0.05, 0) is 44.0 Å². The summed E-state index contributed by atoms with van der Waals surface area (Å²) < 4.78 is 0. The fraction of sp³-hybridized carbons (Fsp3) is 0.500. The number of rotatable bonds is 6. The van der Waals surface area contributed by atoms with Gasteiger partial charge in [0.15, 0.2) is 0 Å². The van der Waals surface area contributed by atoms with E-state index in [0.29, 0.717) is 30.2 Å². The van der Waals surface area contributed by atoms with Crippen molar-refractivity contribution in [2.45, 2.75) is 49.1 Å². The van der Waals surface area contributed by atoms with Gasteiger partial charge in [0.05, 0.1) is 0 Å². The van der Waals surface area contributed by atoms with Crippen molar-refractivity contribution in [3.63, 3.8) is 0 Å². The largest absolute Gasteiger partial charge is 0.353 e. The van der Waals surface area contributed by atoms with E-state index in [-0.39, 0.29) is 11.8 Å². The van der Waals surface area contributed by atoms with E-state index in [2.05, 4.69) is 10.6 Å². The normalized spacial score (nSPS) is 19.7. The van der Waals surface area contributed by atoms with Gasteiger partial charge in [-0.3, -0.25) is 9.59 Å². The summed E-state index contributed by atoms with van der Waals surface area (Å²) in [4.78, 5) is 39.4. The molecule has 6 nitrogen and oxygen atoms in total. The van der Waals surface area contributed by atoms with Gasteiger partial charge in [-0.2, -0.15) is 0 Å². The minimum absolute atomic E-state index is 0.266. The molecule has 0 aromatic heterocycles. The van der Waals surface area contributed by atoms with Crippen LogP contribution in [-0.2, 0) is 9.59 Å². The third kappa shape index (κ3) is 3.83. The highest BCUT2D eigenvalue weighted by molar-refractivity contribution is 7.99. The zero-order chi connectivity index (χ0) is 18.7. The van der Waals surface area contributed by atoms with E-state index < -0.39 is 17.6 Å². The first-order chi connectivity index (χ1) is 12.4. The van der Waals surface area contributed by atoms with Crippen molar-refractivity contribution in [1.82, 2.24) is 15.5 Å². The first-order valence-electron chi connectivity index (χ1n) is 8.75. The molecule has 1 aromatic carbocycles. The molecule has 140 valence electrons. The van der Waals surface area contributed by atoms with Gasteiger partial charge in [0.25, 0.3) is 5.91 Å². The maximum Gasteiger partial charge on any atom is 0.325 e. The summed E-state index contributed by atoms with van der Waals surface area (Å²) >= 11 is 7.45. The topological polar surface area (TPSA) is 78.5 Å². The highest BCUT2D eigenvalue weighted by Gasteiger charge is 2.54. The first kappa shape index (κ1) is 19.0. The number of thioether (sulfide) groups is 1. The van der Waals surface area contributed by atoms with Gasteiger partial charge in [-0.15, -0.1) is 11.8 Å². The molecule has 0 radical (unpaired) electrons. The molecule has 1 atom stereocenters. The summed E-state index contributed by atoms with van der Waals surface area (Å²) in [6, 6.07) is 6.21. The maximum absolute atomic E-state index is 12.7. The fourth-order valence-corrected chi connectivity index (χ4v) is 4.34. The van der Waals surface area contributed by atoms with E-state index in [9.17, 15) is 14.4 Å². The van der Waals surface area contributed by atoms with Gasteiger partial charge in [0, 0.05) is 22.2 Å². The van der Waals surface area contributed by atoms with Gasteiger partial charge in [-0.25, -0.2) is 9.69 Å². The van der Waals surface area contributed by atoms with Crippen LogP contribution in [0.15, 0.2) is 29.2 Å². The summed E-state index contributed by atoms with van der Waals surface area (Å²) in [6.07, 6.45) is 3.14. The molecule has 26 heavy (non-hydrogen) atoms. The van der Waals surface area contributed by atoms with E-state index in [1.165, 1.54) is 0 Å². The lowest BCUT2D eigenvalue weighted by molar-refractivity contribution is -0.137. The van der Waals surface area contributed by atoms with Gasteiger partial charge in [0.1, 0.15) is 11.6 Å². The summed E-state index contributed by atoms with van der Waals surface area (Å²) in [5.74, 6) is 0.0999. The second kappa shape index (κ2) is 7.88. The molecule has 1 saturated heterocycles. The van der Waals surface area contributed by atoms with Crippen LogP contribution in [0.2, 0.25) is 5.02 Å². The van der Waals surface area contributed by atoms with Gasteiger partial charge >= 0.3 is 6.03 Å². The Morgan fingerprint density at radius 3 is 2.62 bits per heavy atom. The zero-order valence-corrected chi connectivity index (χ0v) is 16.2. The van der Waals surface area contributed by atoms with Crippen LogP contribution >= 0.6 is 23.4 Å². The maximum atomic E-state index is 12.7. The van der Waals surface area contributed by atoms with Crippen molar-refractivity contribution < 1.29 is 14.4 Å². The van der Waals surface area contributed by atoms with Crippen LogP contribution in [0.5, 0.6) is 0 Å². The van der Waals surface area contributed by atoms with E-state index in [0.717, 1.165) is 22.6 Å². The number of hydrogen-bond donors (Lipinski definition) is 2. The molecular formula is C18H22ClN3O3S. The number of nitrogens with zero attached hydrogens (tertiary/aromatic N) is 1. The Morgan fingerprint density at radius 2 is 1.96 bits per heavy atom. The highest BCUT2D eigenvalue weighted by Crippen LogP contribution is 2.35. The van der Waals surface area contributed by atoms with Crippen molar-refractivity contribution >= 4 is 41.2 Å². The van der Waals surface area contributed by atoms with Crippen molar-refractivity contribution in [2.75, 3.05) is 12.3 Å². The zero-order valence-electron chi connectivity index (χ0n) is 14.6. The van der Waals surface area contributed by atoms with Crippen molar-refractivity contribution in [3.8, 4) is 0 Å². The Labute approximate surface area is 162 Å². The van der Waals surface area contributed by atoms with Crippen LogP contribution < -0.4 is 10.6 Å². The predicted molar refractivity (Wildman–Crippen MR) is 101 cm³/mol. The third-order valence-electron chi connectivity index (χ3n) is 4.90. The molecule has 1 spiro atoms. The SMILES string of the molecule is CC(C(=O)NCCSc1ccc(Cl)cc1)N1C(=O)NC2(CCCC2)C1=O. The minimum Gasteiger partial charge on any atom is -0.353 e. The molecule has 1 heterocycles. The lowest BCUT2D eigenvalue weighted by Crippen LogP contribution is -2.50. The number of nitrogens with one attached hydrogen (secondary N) is 2. The summed E-state index contributed by atoms with van der Waals surface area (Å²) in [5, 5.41) is 6.29. The molecule has 1 unspecified atom stereocenters. The summed E-state index contributed by atoms with van der Waals surface area (Å²) in [5.41, 5.74) is -0.782. The Balaban J connectivity index is 1.49. The molecule has 1 aliphatic carbocycles. The Kier molecular flexibility index (Phi) is 5.77. The van der Waals surface area contributed by atoms with Crippen molar-refractivity contribution in [1.29, 1.82) is 0 Å². The molecule has 4 amide bonds. The Bertz CT molecular complexity index is 704. The van der Waals surface area contributed by atoms with Gasteiger partial charge < -0.3 is 10.6 Å². The number of carbonyl (C=O) groups is 3. The predicted octanol–water partition coefficient (Wildman–Crippen LogP) is 2.80. The molecule has 0 bridgehead atoms. The van der Waals surface area contributed by atoms with Crippen molar-refractivity contribution in [3.05, 3.63) is 29.3 Å². The lowest BCUT2D eigenvalue weighted by Gasteiger charge is -2.23. The van der Waals surface area contributed by atoms with Crippen LogP contribution in [0, 0.1) is 0 Å². The Hall–Kier alpha value is -1.73. The van der Waals surface area contributed by atoms with Crippen LogP contribution in [0.4, 0.5) is 4.79 Å². The Morgan fingerprint density at radius 1 is 1.31 bits per heavy atom. The van der Waals surface area contributed by atoms with E-state index in [1.54, 1.807) is 18.7 Å². The molecule has 3 rings (SSSR count). The number of imide groups is 1. The van der Waals surface area contributed by atoms with Crippen molar-refractivity contribution in [2.24, 2.45) is 0 Å². The standard InChI is InChI=1S/C18H22ClN3O3S/c1-12(22-16(24)18(21-17(22)25)8-2-3-9-18)15(23)20-10-11-26-14-6-4-13(19)5-7-14/h4-7,12H,2-3,8-11H2,1H3,(H,20,23)(H,21,25). The summed E-state index contributed by atoms with van der Waals surface area (Å²) in [7, 11) is 0. The number of hydrogen-bond acceptors (Lipinski definition) is 4. The molecule has 1 aromatic rings. The number of carbonyl (C=O) groups excluding carboxylic acids is 3. The molecular weight excluding hydrogens is 374 g/mol. The first-order valence-corrected chi connectivity index (χ1v) is 10.1. The van der Waals surface area contributed by atoms with Gasteiger partial charge in [-0.1, -0.05) is 24.4 Å². The average Bonchev–Trinajstić information content (AvgIpc) is 3.18. The van der Waals surface area contributed by atoms with E-state index in [4.69, 9.17) is 11.6 Å². The third-order valence-corrected chi connectivity index (χ3v) is 6.17. The quantitative estimate of drug-likeness (QED) is 0.441. The molecule has 8 heteroatoms. The van der Waals surface area contributed by atoms with Crippen LogP contribution in [0.25, 0.3) is 0 Å². The monoisotopic (exact) mass is 395 g/mol. The number of urea groups is 1. The average molecular weight is 396 g/mol. The molecule has 2 aliphatic rings. The van der Waals surface area contributed by atoms with Crippen LogP contribution in [-0.4, -0.2) is 46.6 Å². The minimum atomic E-state index is -0.817. The lowest BCUT2D eigenvalue weighted by atomic mass is 9.97. The summed E-state index contributed by atoms with van der Waals surface area (Å²) in [6.45, 7) is 2.04. The number of halogens is 1. The second-order valence-electron chi connectivity index (χ2n) is 6.66. The fourth-order valence-electron chi connectivity index (χ4n) is 3.45. The molecule has 1 saturated carbocycles. The molecule has 1 aliphatic heterocycles. The molecule has 2 N–H and O–H groups in total. The number of benzene rings is 1. The highest BCUT2D eigenvalue weighted by atomic mass is 35.5.